The van der Waals surface area contributed by atoms with Crippen LogP contribution in [0.5, 0.6) is 11.5 Å². The molecule has 0 amide bonds. The molecule has 1 saturated carbocycles. The average Bonchev–Trinajstić information content (AvgIpc) is 2.35. The maximum atomic E-state index is 14.3. The SMILES string of the molecule is COc1cc(C2(C(=O)O)CCC2)c(OC)cc1C(C)(C)F. The van der Waals surface area contributed by atoms with Crippen LogP contribution in [0.25, 0.3) is 0 Å². The third kappa shape index (κ3) is 2.45. The lowest BCUT2D eigenvalue weighted by molar-refractivity contribution is -0.147. The molecule has 1 aromatic rings. The average molecular weight is 296 g/mol. The quantitative estimate of drug-likeness (QED) is 0.904. The molecule has 0 bridgehead atoms. The Kier molecular flexibility index (Phi) is 3.87. The standard InChI is InChI=1S/C16H21FO4/c1-15(2,17)10-8-13(21-4)11(9-12(10)20-3)16(14(18)19)6-5-7-16/h8-9H,5-7H2,1-4H3,(H,18,19). The second-order valence-corrected chi connectivity index (χ2v) is 5.97. The highest BCUT2D eigenvalue weighted by Crippen LogP contribution is 2.50. The topological polar surface area (TPSA) is 55.8 Å². The molecule has 0 unspecified atom stereocenters. The summed E-state index contributed by atoms with van der Waals surface area (Å²) in [6, 6.07) is 3.17. The fourth-order valence-electron chi connectivity index (χ4n) is 2.87. The fraction of sp³-hybridized carbons (Fsp3) is 0.562. The molecule has 21 heavy (non-hydrogen) atoms. The summed E-state index contributed by atoms with van der Waals surface area (Å²) in [7, 11) is 2.92. The maximum Gasteiger partial charge on any atom is 0.314 e. The molecule has 0 saturated heterocycles. The van der Waals surface area contributed by atoms with Crippen molar-refractivity contribution >= 4 is 5.97 Å². The van der Waals surface area contributed by atoms with Crippen LogP contribution >= 0.6 is 0 Å². The molecule has 1 aromatic carbocycles. The number of hydrogen-bond acceptors (Lipinski definition) is 3. The van der Waals surface area contributed by atoms with Gasteiger partial charge in [-0.3, -0.25) is 4.79 Å². The van der Waals surface area contributed by atoms with Crippen LogP contribution in [0, 0.1) is 0 Å². The van der Waals surface area contributed by atoms with Crippen LogP contribution < -0.4 is 9.47 Å². The van der Waals surface area contributed by atoms with Gasteiger partial charge in [-0.05, 0) is 38.8 Å². The fourth-order valence-corrected chi connectivity index (χ4v) is 2.87. The summed E-state index contributed by atoms with van der Waals surface area (Å²) in [6.07, 6.45) is 1.97. The van der Waals surface area contributed by atoms with E-state index in [0.29, 0.717) is 35.5 Å². The summed E-state index contributed by atoms with van der Waals surface area (Å²) >= 11 is 0. The number of halogens is 1. The zero-order valence-corrected chi connectivity index (χ0v) is 12.8. The van der Waals surface area contributed by atoms with Crippen molar-refractivity contribution in [1.29, 1.82) is 0 Å². The van der Waals surface area contributed by atoms with E-state index in [9.17, 15) is 14.3 Å². The van der Waals surface area contributed by atoms with Crippen LogP contribution in [0.1, 0.15) is 44.2 Å². The molecule has 0 aromatic heterocycles. The van der Waals surface area contributed by atoms with Gasteiger partial charge in [0.05, 0.1) is 19.6 Å². The van der Waals surface area contributed by atoms with Gasteiger partial charge in [0.1, 0.15) is 17.2 Å². The van der Waals surface area contributed by atoms with E-state index in [-0.39, 0.29) is 0 Å². The van der Waals surface area contributed by atoms with E-state index in [1.54, 1.807) is 12.1 Å². The van der Waals surface area contributed by atoms with Crippen molar-refractivity contribution in [2.75, 3.05) is 14.2 Å². The summed E-state index contributed by atoms with van der Waals surface area (Å²) < 4.78 is 24.9. The van der Waals surface area contributed by atoms with Crippen LogP contribution in [-0.4, -0.2) is 25.3 Å². The first-order valence-corrected chi connectivity index (χ1v) is 6.95. The van der Waals surface area contributed by atoms with Gasteiger partial charge in [0.15, 0.2) is 0 Å². The minimum Gasteiger partial charge on any atom is -0.496 e. The molecule has 1 N–H and O–H groups in total. The van der Waals surface area contributed by atoms with Crippen molar-refractivity contribution in [1.82, 2.24) is 0 Å². The molecule has 1 fully saturated rings. The largest absolute Gasteiger partial charge is 0.496 e. The van der Waals surface area contributed by atoms with Crippen LogP contribution in [0.4, 0.5) is 4.39 Å². The van der Waals surface area contributed by atoms with Crippen molar-refractivity contribution < 1.29 is 23.8 Å². The number of carbonyl (C=O) groups is 1. The zero-order chi connectivity index (χ0) is 15.8. The second-order valence-electron chi connectivity index (χ2n) is 5.97. The number of rotatable bonds is 5. The molecule has 4 nitrogen and oxygen atoms in total. The monoisotopic (exact) mass is 296 g/mol. The van der Waals surface area contributed by atoms with Gasteiger partial charge in [0.2, 0.25) is 0 Å². The van der Waals surface area contributed by atoms with Gasteiger partial charge >= 0.3 is 5.97 Å². The zero-order valence-electron chi connectivity index (χ0n) is 12.8. The molecular formula is C16H21FO4. The number of carboxylic acids is 1. The number of carboxylic acid groups (broad SMARTS) is 1. The minimum absolute atomic E-state index is 0.352. The van der Waals surface area contributed by atoms with Crippen LogP contribution in [0.3, 0.4) is 0 Å². The van der Waals surface area contributed by atoms with Gasteiger partial charge in [0.25, 0.3) is 0 Å². The number of aliphatic carboxylic acids is 1. The Morgan fingerprint density at radius 2 is 1.81 bits per heavy atom. The molecule has 2 rings (SSSR count). The molecule has 1 aliphatic carbocycles. The second kappa shape index (κ2) is 5.20. The highest BCUT2D eigenvalue weighted by atomic mass is 19.1. The normalized spacial score (nSPS) is 17.0. The molecular weight excluding hydrogens is 275 g/mol. The van der Waals surface area contributed by atoms with Crippen molar-refractivity contribution in [2.24, 2.45) is 0 Å². The Balaban J connectivity index is 2.65. The molecule has 0 atom stereocenters. The van der Waals surface area contributed by atoms with Gasteiger partial charge in [-0.1, -0.05) is 6.42 Å². The Morgan fingerprint density at radius 1 is 1.24 bits per heavy atom. The number of methoxy groups -OCH3 is 2. The van der Waals surface area contributed by atoms with E-state index in [2.05, 4.69) is 0 Å². The van der Waals surface area contributed by atoms with Gasteiger partial charge in [-0.15, -0.1) is 0 Å². The lowest BCUT2D eigenvalue weighted by Gasteiger charge is -2.39. The molecule has 0 aliphatic heterocycles. The summed E-state index contributed by atoms with van der Waals surface area (Å²) in [5.41, 5.74) is -1.64. The van der Waals surface area contributed by atoms with Crippen molar-refractivity contribution in [3.63, 3.8) is 0 Å². The van der Waals surface area contributed by atoms with Gasteiger partial charge in [0, 0.05) is 11.1 Å². The van der Waals surface area contributed by atoms with Crippen molar-refractivity contribution in [3.05, 3.63) is 23.3 Å². The number of hydrogen-bond donors (Lipinski definition) is 1. The van der Waals surface area contributed by atoms with E-state index in [1.807, 2.05) is 0 Å². The maximum absolute atomic E-state index is 14.3. The summed E-state index contributed by atoms with van der Waals surface area (Å²) in [4.78, 5) is 11.7. The molecule has 116 valence electrons. The first-order valence-electron chi connectivity index (χ1n) is 6.95. The van der Waals surface area contributed by atoms with E-state index in [0.717, 1.165) is 6.42 Å². The third-order valence-electron chi connectivity index (χ3n) is 4.29. The van der Waals surface area contributed by atoms with Crippen molar-refractivity contribution in [3.8, 4) is 11.5 Å². The lowest BCUT2D eigenvalue weighted by Crippen LogP contribution is -2.42. The van der Waals surface area contributed by atoms with E-state index >= 15 is 0 Å². The molecule has 0 spiro atoms. The van der Waals surface area contributed by atoms with Crippen molar-refractivity contribution in [2.45, 2.75) is 44.2 Å². The third-order valence-corrected chi connectivity index (χ3v) is 4.29. The number of ether oxygens (including phenoxy) is 2. The highest BCUT2D eigenvalue weighted by molar-refractivity contribution is 5.84. The minimum atomic E-state index is -1.60. The van der Waals surface area contributed by atoms with E-state index in [4.69, 9.17) is 9.47 Å². The Labute approximate surface area is 123 Å². The Morgan fingerprint density at radius 3 is 2.14 bits per heavy atom. The summed E-state index contributed by atoms with van der Waals surface area (Å²) in [6.45, 7) is 2.86. The first kappa shape index (κ1) is 15.6. The lowest BCUT2D eigenvalue weighted by atomic mass is 9.64. The summed E-state index contributed by atoms with van der Waals surface area (Å²) in [5.74, 6) is -0.120. The molecule has 0 radical (unpaired) electrons. The molecule has 5 heteroatoms. The summed E-state index contributed by atoms with van der Waals surface area (Å²) in [5, 5.41) is 9.58. The number of benzene rings is 1. The smallest absolute Gasteiger partial charge is 0.314 e. The Bertz CT molecular complexity index is 556. The Hall–Kier alpha value is -1.78. The van der Waals surface area contributed by atoms with Crippen LogP contribution in [0.15, 0.2) is 12.1 Å². The number of alkyl halides is 1. The highest BCUT2D eigenvalue weighted by Gasteiger charge is 2.48. The molecule has 0 heterocycles. The van der Waals surface area contributed by atoms with Gasteiger partial charge < -0.3 is 14.6 Å². The van der Waals surface area contributed by atoms with E-state index < -0.39 is 17.1 Å². The molecule has 1 aliphatic rings. The first-order chi connectivity index (χ1) is 9.76. The van der Waals surface area contributed by atoms with Gasteiger partial charge in [-0.25, -0.2) is 4.39 Å². The van der Waals surface area contributed by atoms with Gasteiger partial charge in [-0.2, -0.15) is 0 Å². The predicted octanol–water partition coefficient (Wildman–Crippen LogP) is 3.41. The predicted molar refractivity (Wildman–Crippen MR) is 76.8 cm³/mol. The van der Waals surface area contributed by atoms with E-state index in [1.165, 1.54) is 28.1 Å². The van der Waals surface area contributed by atoms with Crippen LogP contribution in [0.2, 0.25) is 0 Å². The van der Waals surface area contributed by atoms with Crippen LogP contribution in [-0.2, 0) is 15.9 Å².